The van der Waals surface area contributed by atoms with Crippen LogP contribution in [0.5, 0.6) is 0 Å². The number of alkyl halides is 3. The molecule has 1 aliphatic heterocycles. The third-order valence-corrected chi connectivity index (χ3v) is 3.13. The van der Waals surface area contributed by atoms with Crippen LogP contribution in [0, 0.1) is 5.82 Å². The van der Waals surface area contributed by atoms with Crippen LogP contribution in [0.15, 0.2) is 18.2 Å². The van der Waals surface area contributed by atoms with E-state index in [-0.39, 0.29) is 37.3 Å². The summed E-state index contributed by atoms with van der Waals surface area (Å²) in [5.41, 5.74) is -1.69. The SMILES string of the molecule is O=C1CCN(C(=O)c2ccc(F)c(C(F)(F)F)c2)CC1. The summed E-state index contributed by atoms with van der Waals surface area (Å²) >= 11 is 0. The lowest BCUT2D eigenvalue weighted by molar-refractivity contribution is -0.140. The fourth-order valence-corrected chi connectivity index (χ4v) is 2.02. The number of piperidine rings is 1. The highest BCUT2D eigenvalue weighted by atomic mass is 19.4. The summed E-state index contributed by atoms with van der Waals surface area (Å²) in [5.74, 6) is -2.02. The van der Waals surface area contributed by atoms with E-state index >= 15 is 0 Å². The molecule has 108 valence electrons. The Bertz CT molecular complexity index is 544. The Labute approximate surface area is 112 Å². The second kappa shape index (κ2) is 5.22. The van der Waals surface area contributed by atoms with Gasteiger partial charge in [0.05, 0.1) is 5.56 Å². The minimum absolute atomic E-state index is 0.0177. The van der Waals surface area contributed by atoms with E-state index < -0.39 is 23.5 Å². The summed E-state index contributed by atoms with van der Waals surface area (Å²) in [4.78, 5) is 24.4. The standard InChI is InChI=1S/C13H11F4NO2/c14-11-2-1-8(7-10(11)13(15,16)17)12(20)18-5-3-9(19)4-6-18/h1-2,7H,3-6H2. The van der Waals surface area contributed by atoms with Gasteiger partial charge in [0.1, 0.15) is 11.6 Å². The van der Waals surface area contributed by atoms with Gasteiger partial charge in [0.15, 0.2) is 0 Å². The van der Waals surface area contributed by atoms with Gasteiger partial charge in [-0.2, -0.15) is 13.2 Å². The second-order valence-electron chi connectivity index (χ2n) is 4.52. The summed E-state index contributed by atoms with van der Waals surface area (Å²) in [6.07, 6.45) is -4.46. The van der Waals surface area contributed by atoms with Crippen LogP contribution < -0.4 is 0 Å². The zero-order valence-corrected chi connectivity index (χ0v) is 10.3. The number of benzene rings is 1. The summed E-state index contributed by atoms with van der Waals surface area (Å²) in [7, 11) is 0. The van der Waals surface area contributed by atoms with Crippen molar-refractivity contribution >= 4 is 11.7 Å². The topological polar surface area (TPSA) is 37.4 Å². The van der Waals surface area contributed by atoms with Crippen LogP contribution in [-0.4, -0.2) is 29.7 Å². The van der Waals surface area contributed by atoms with E-state index in [2.05, 4.69) is 0 Å². The zero-order valence-electron chi connectivity index (χ0n) is 10.3. The van der Waals surface area contributed by atoms with Gasteiger partial charge in [-0.05, 0) is 18.2 Å². The van der Waals surface area contributed by atoms with Crippen molar-refractivity contribution in [3.05, 3.63) is 35.1 Å². The van der Waals surface area contributed by atoms with Crippen molar-refractivity contribution in [3.63, 3.8) is 0 Å². The summed E-state index contributed by atoms with van der Waals surface area (Å²) in [6.45, 7) is 0.354. The molecular weight excluding hydrogens is 278 g/mol. The maximum Gasteiger partial charge on any atom is 0.419 e. The molecule has 0 radical (unpaired) electrons. The van der Waals surface area contributed by atoms with Crippen LogP contribution in [-0.2, 0) is 11.0 Å². The number of carbonyl (C=O) groups is 2. The van der Waals surface area contributed by atoms with Crippen LogP contribution in [0.25, 0.3) is 0 Å². The molecule has 7 heteroatoms. The Balaban J connectivity index is 2.25. The molecule has 20 heavy (non-hydrogen) atoms. The molecule has 1 aliphatic rings. The predicted molar refractivity (Wildman–Crippen MR) is 61.5 cm³/mol. The van der Waals surface area contributed by atoms with Crippen LogP contribution in [0.2, 0.25) is 0 Å². The number of likely N-dealkylation sites (tertiary alicyclic amines) is 1. The van der Waals surface area contributed by atoms with Gasteiger partial charge < -0.3 is 4.90 Å². The third kappa shape index (κ3) is 2.97. The molecule has 1 aromatic carbocycles. The molecule has 0 N–H and O–H groups in total. The molecule has 1 fully saturated rings. The van der Waals surface area contributed by atoms with Gasteiger partial charge in [0.25, 0.3) is 5.91 Å². The highest BCUT2D eigenvalue weighted by Gasteiger charge is 2.35. The van der Waals surface area contributed by atoms with Crippen molar-refractivity contribution in [2.45, 2.75) is 19.0 Å². The monoisotopic (exact) mass is 289 g/mol. The molecule has 1 amide bonds. The Morgan fingerprint density at radius 1 is 1.15 bits per heavy atom. The number of amides is 1. The molecule has 0 aromatic heterocycles. The highest BCUT2D eigenvalue weighted by Crippen LogP contribution is 2.32. The quantitative estimate of drug-likeness (QED) is 0.745. The lowest BCUT2D eigenvalue weighted by Gasteiger charge is -2.26. The summed E-state index contributed by atoms with van der Waals surface area (Å²) < 4.78 is 50.9. The van der Waals surface area contributed by atoms with Gasteiger partial charge in [-0.1, -0.05) is 0 Å². The van der Waals surface area contributed by atoms with E-state index in [4.69, 9.17) is 0 Å². The van der Waals surface area contributed by atoms with E-state index in [1.165, 1.54) is 4.90 Å². The van der Waals surface area contributed by atoms with Crippen LogP contribution in [0.1, 0.15) is 28.8 Å². The van der Waals surface area contributed by atoms with Crippen molar-refractivity contribution in [3.8, 4) is 0 Å². The Morgan fingerprint density at radius 3 is 2.30 bits per heavy atom. The molecule has 0 spiro atoms. The first-order chi connectivity index (χ1) is 9.29. The maximum atomic E-state index is 13.1. The Hall–Kier alpha value is -1.92. The number of carbonyl (C=O) groups excluding carboxylic acids is 2. The van der Waals surface area contributed by atoms with Gasteiger partial charge in [-0.15, -0.1) is 0 Å². The van der Waals surface area contributed by atoms with Crippen molar-refractivity contribution in [2.75, 3.05) is 13.1 Å². The molecule has 2 rings (SSSR count). The summed E-state index contributed by atoms with van der Waals surface area (Å²) in [6, 6.07) is 2.16. The predicted octanol–water partition coefficient (Wildman–Crippen LogP) is 2.65. The lowest BCUT2D eigenvalue weighted by atomic mass is 10.1. The third-order valence-electron chi connectivity index (χ3n) is 3.13. The first-order valence-electron chi connectivity index (χ1n) is 5.97. The molecular formula is C13H11F4NO2. The first-order valence-corrected chi connectivity index (χ1v) is 5.97. The number of hydrogen-bond donors (Lipinski definition) is 0. The fraction of sp³-hybridized carbons (Fsp3) is 0.385. The molecule has 0 unspecified atom stereocenters. The zero-order chi connectivity index (χ0) is 14.9. The minimum atomic E-state index is -4.85. The van der Waals surface area contributed by atoms with E-state index in [0.29, 0.717) is 12.1 Å². The normalized spacial score (nSPS) is 16.4. The number of Topliss-reactive ketones (excluding diaryl/α,β-unsaturated/α-hetero) is 1. The average Bonchev–Trinajstić information content (AvgIpc) is 2.38. The van der Waals surface area contributed by atoms with E-state index in [1.807, 2.05) is 0 Å². The van der Waals surface area contributed by atoms with Gasteiger partial charge in [0, 0.05) is 31.5 Å². The molecule has 3 nitrogen and oxygen atoms in total. The van der Waals surface area contributed by atoms with Gasteiger partial charge in [-0.25, -0.2) is 4.39 Å². The van der Waals surface area contributed by atoms with Gasteiger partial charge in [0.2, 0.25) is 0 Å². The fourth-order valence-electron chi connectivity index (χ4n) is 2.02. The largest absolute Gasteiger partial charge is 0.419 e. The van der Waals surface area contributed by atoms with Crippen LogP contribution >= 0.6 is 0 Å². The average molecular weight is 289 g/mol. The number of ketones is 1. The molecule has 1 saturated heterocycles. The summed E-state index contributed by atoms with van der Waals surface area (Å²) in [5, 5.41) is 0. The second-order valence-corrected chi connectivity index (χ2v) is 4.52. The van der Waals surface area contributed by atoms with Crippen molar-refractivity contribution in [1.82, 2.24) is 4.90 Å². The number of rotatable bonds is 1. The molecule has 0 saturated carbocycles. The highest BCUT2D eigenvalue weighted by molar-refractivity contribution is 5.95. The molecule has 0 aliphatic carbocycles. The van der Waals surface area contributed by atoms with E-state index in [1.54, 1.807) is 0 Å². The van der Waals surface area contributed by atoms with Crippen LogP contribution in [0.3, 0.4) is 0 Å². The van der Waals surface area contributed by atoms with Gasteiger partial charge in [-0.3, -0.25) is 9.59 Å². The molecule has 1 aromatic rings. The smallest absolute Gasteiger partial charge is 0.338 e. The minimum Gasteiger partial charge on any atom is -0.338 e. The van der Waals surface area contributed by atoms with Crippen molar-refractivity contribution in [2.24, 2.45) is 0 Å². The van der Waals surface area contributed by atoms with Crippen molar-refractivity contribution in [1.29, 1.82) is 0 Å². The number of halogens is 4. The van der Waals surface area contributed by atoms with Gasteiger partial charge >= 0.3 is 6.18 Å². The van der Waals surface area contributed by atoms with E-state index in [9.17, 15) is 27.2 Å². The maximum absolute atomic E-state index is 13.1. The first kappa shape index (κ1) is 14.5. The molecule has 0 bridgehead atoms. The van der Waals surface area contributed by atoms with Crippen LogP contribution in [0.4, 0.5) is 17.6 Å². The molecule has 1 heterocycles. The van der Waals surface area contributed by atoms with E-state index in [0.717, 1.165) is 6.07 Å². The molecule has 0 atom stereocenters. The lowest BCUT2D eigenvalue weighted by Crippen LogP contribution is -2.38. The number of hydrogen-bond acceptors (Lipinski definition) is 2. The number of nitrogens with zero attached hydrogens (tertiary/aromatic N) is 1. The van der Waals surface area contributed by atoms with Crippen molar-refractivity contribution < 1.29 is 27.2 Å². The Morgan fingerprint density at radius 2 is 1.75 bits per heavy atom. The Kier molecular flexibility index (Phi) is 3.78.